The first kappa shape index (κ1) is 22.9. The van der Waals surface area contributed by atoms with Gasteiger partial charge in [-0.2, -0.15) is 10.2 Å². The molecular formula is C22H21N5O6. The lowest BCUT2D eigenvalue weighted by molar-refractivity contribution is 0.0948. The zero-order valence-corrected chi connectivity index (χ0v) is 17.6. The summed E-state index contributed by atoms with van der Waals surface area (Å²) in [5.41, 5.74) is 6.78. The standard InChI is InChI=1S/C22H21N5O6/c1-11-19(21(32)26-23-9-13-3-5-15(28)17(30)7-13)12(2)25-20(11)22(33)27-24-10-14-4-6-16(29)18(31)8-14/h3-10,25,28-31H,1-2H3,(H,26,32)(H,27,33)/b23-9-,24-10-. The molecule has 0 fully saturated rings. The van der Waals surface area contributed by atoms with E-state index in [1.54, 1.807) is 13.8 Å². The van der Waals surface area contributed by atoms with E-state index >= 15 is 0 Å². The fourth-order valence-electron chi connectivity index (χ4n) is 3.00. The average molecular weight is 451 g/mol. The fourth-order valence-corrected chi connectivity index (χ4v) is 3.00. The van der Waals surface area contributed by atoms with Gasteiger partial charge in [-0.15, -0.1) is 0 Å². The maximum atomic E-state index is 12.6. The number of phenolic OH excluding ortho intramolecular Hbond substituents is 4. The van der Waals surface area contributed by atoms with Gasteiger partial charge >= 0.3 is 0 Å². The molecule has 11 nitrogen and oxygen atoms in total. The van der Waals surface area contributed by atoms with Gasteiger partial charge in [-0.05, 0) is 66.9 Å². The summed E-state index contributed by atoms with van der Waals surface area (Å²) in [6.07, 6.45) is 2.57. The molecule has 2 amide bonds. The molecule has 0 aliphatic heterocycles. The van der Waals surface area contributed by atoms with Crippen LogP contribution < -0.4 is 10.9 Å². The van der Waals surface area contributed by atoms with Gasteiger partial charge in [0.1, 0.15) is 5.69 Å². The number of nitrogens with zero attached hydrogens (tertiary/aromatic N) is 2. The molecular weight excluding hydrogens is 430 g/mol. The van der Waals surface area contributed by atoms with E-state index in [1.165, 1.54) is 48.8 Å². The molecule has 0 bridgehead atoms. The van der Waals surface area contributed by atoms with Gasteiger partial charge < -0.3 is 25.4 Å². The Kier molecular flexibility index (Phi) is 6.63. The van der Waals surface area contributed by atoms with E-state index in [-0.39, 0.29) is 34.3 Å². The molecule has 0 unspecified atom stereocenters. The molecule has 2 aromatic carbocycles. The minimum atomic E-state index is -0.586. The van der Waals surface area contributed by atoms with Crippen molar-refractivity contribution in [3.05, 3.63) is 70.0 Å². The summed E-state index contributed by atoms with van der Waals surface area (Å²) in [6, 6.07) is 8.13. The van der Waals surface area contributed by atoms with E-state index in [9.17, 15) is 30.0 Å². The average Bonchev–Trinajstić information content (AvgIpc) is 3.07. The molecule has 3 rings (SSSR count). The van der Waals surface area contributed by atoms with E-state index in [0.717, 1.165) is 0 Å². The minimum absolute atomic E-state index is 0.135. The number of carbonyl (C=O) groups excluding carboxylic acids is 2. The van der Waals surface area contributed by atoms with Gasteiger partial charge in [-0.25, -0.2) is 10.9 Å². The molecule has 11 heteroatoms. The van der Waals surface area contributed by atoms with Crippen LogP contribution in [-0.2, 0) is 0 Å². The van der Waals surface area contributed by atoms with Crippen LogP contribution in [0, 0.1) is 13.8 Å². The van der Waals surface area contributed by atoms with Gasteiger partial charge in [0.05, 0.1) is 18.0 Å². The number of aromatic amines is 1. The number of aromatic hydroxyl groups is 4. The van der Waals surface area contributed by atoms with E-state index < -0.39 is 11.8 Å². The van der Waals surface area contributed by atoms with Crippen molar-refractivity contribution >= 4 is 24.2 Å². The van der Waals surface area contributed by atoms with Crippen molar-refractivity contribution in [1.82, 2.24) is 15.8 Å². The highest BCUT2D eigenvalue weighted by molar-refractivity contribution is 6.03. The summed E-state index contributed by atoms with van der Waals surface area (Å²) in [5.74, 6) is -2.32. The van der Waals surface area contributed by atoms with Crippen LogP contribution in [0.2, 0.25) is 0 Å². The zero-order chi connectivity index (χ0) is 24.1. The number of amides is 2. The number of H-pyrrole nitrogens is 1. The van der Waals surface area contributed by atoms with Crippen LogP contribution >= 0.6 is 0 Å². The monoisotopic (exact) mass is 451 g/mol. The Morgan fingerprint density at radius 1 is 0.788 bits per heavy atom. The maximum Gasteiger partial charge on any atom is 0.288 e. The third-order valence-corrected chi connectivity index (χ3v) is 4.65. The highest BCUT2D eigenvalue weighted by Gasteiger charge is 2.21. The van der Waals surface area contributed by atoms with Crippen molar-refractivity contribution in [2.75, 3.05) is 0 Å². The first-order chi connectivity index (χ1) is 15.7. The van der Waals surface area contributed by atoms with Crippen molar-refractivity contribution in [2.24, 2.45) is 10.2 Å². The highest BCUT2D eigenvalue weighted by Crippen LogP contribution is 2.25. The molecule has 0 saturated heterocycles. The number of aryl methyl sites for hydroxylation is 1. The van der Waals surface area contributed by atoms with Gasteiger partial charge in [0.15, 0.2) is 23.0 Å². The highest BCUT2D eigenvalue weighted by atomic mass is 16.3. The van der Waals surface area contributed by atoms with Crippen LogP contribution in [0.1, 0.15) is 43.2 Å². The summed E-state index contributed by atoms with van der Waals surface area (Å²) in [4.78, 5) is 27.9. The molecule has 170 valence electrons. The first-order valence-corrected chi connectivity index (χ1v) is 9.57. The number of nitrogens with one attached hydrogen (secondary N) is 3. The van der Waals surface area contributed by atoms with Crippen molar-refractivity contribution in [2.45, 2.75) is 13.8 Å². The molecule has 1 aromatic heterocycles. The fraction of sp³-hybridized carbons (Fsp3) is 0.0909. The second-order valence-electron chi connectivity index (χ2n) is 7.02. The lowest BCUT2D eigenvalue weighted by Crippen LogP contribution is -2.21. The minimum Gasteiger partial charge on any atom is -0.504 e. The first-order valence-electron chi connectivity index (χ1n) is 9.57. The van der Waals surface area contributed by atoms with Crippen LogP contribution in [0.25, 0.3) is 0 Å². The molecule has 33 heavy (non-hydrogen) atoms. The molecule has 0 spiro atoms. The van der Waals surface area contributed by atoms with Gasteiger partial charge in [0.25, 0.3) is 11.8 Å². The molecule has 0 saturated carbocycles. The molecule has 0 aliphatic rings. The summed E-state index contributed by atoms with van der Waals surface area (Å²) in [5, 5.41) is 45.2. The van der Waals surface area contributed by atoms with Crippen molar-refractivity contribution in [3.63, 3.8) is 0 Å². The van der Waals surface area contributed by atoms with Gasteiger partial charge in [-0.3, -0.25) is 9.59 Å². The van der Waals surface area contributed by atoms with Gasteiger partial charge in [0.2, 0.25) is 0 Å². The van der Waals surface area contributed by atoms with Crippen LogP contribution in [0.5, 0.6) is 23.0 Å². The predicted octanol–water partition coefficient (Wildman–Crippen LogP) is 1.98. The van der Waals surface area contributed by atoms with Crippen molar-refractivity contribution in [3.8, 4) is 23.0 Å². The van der Waals surface area contributed by atoms with Crippen LogP contribution in [0.3, 0.4) is 0 Å². The molecule has 1 heterocycles. The van der Waals surface area contributed by atoms with Gasteiger partial charge in [-0.1, -0.05) is 0 Å². The van der Waals surface area contributed by atoms with Crippen molar-refractivity contribution < 1.29 is 30.0 Å². The Labute approximate surface area is 187 Å². The number of hydrogen-bond acceptors (Lipinski definition) is 8. The lowest BCUT2D eigenvalue weighted by atomic mass is 10.1. The second kappa shape index (κ2) is 9.56. The summed E-state index contributed by atoms with van der Waals surface area (Å²) in [7, 11) is 0. The smallest absolute Gasteiger partial charge is 0.288 e. The van der Waals surface area contributed by atoms with Crippen LogP contribution in [0.4, 0.5) is 0 Å². The van der Waals surface area contributed by atoms with E-state index in [0.29, 0.717) is 22.4 Å². The number of benzene rings is 2. The van der Waals surface area contributed by atoms with Crippen LogP contribution in [0.15, 0.2) is 46.6 Å². The Morgan fingerprint density at radius 3 is 1.76 bits per heavy atom. The Hall–Kier alpha value is -4.80. The number of phenols is 4. The number of hydrazone groups is 2. The van der Waals surface area contributed by atoms with E-state index in [2.05, 4.69) is 26.0 Å². The molecule has 0 aliphatic carbocycles. The van der Waals surface area contributed by atoms with Crippen molar-refractivity contribution in [1.29, 1.82) is 0 Å². The molecule has 0 atom stereocenters. The number of hydrogen-bond donors (Lipinski definition) is 7. The van der Waals surface area contributed by atoms with E-state index in [4.69, 9.17) is 0 Å². The zero-order valence-electron chi connectivity index (χ0n) is 17.6. The van der Waals surface area contributed by atoms with Gasteiger partial charge in [0, 0.05) is 5.69 Å². The second-order valence-corrected chi connectivity index (χ2v) is 7.02. The number of carbonyl (C=O) groups is 2. The third-order valence-electron chi connectivity index (χ3n) is 4.65. The maximum absolute atomic E-state index is 12.6. The SMILES string of the molecule is Cc1[nH]c(C(=O)N/N=C\c2ccc(O)c(O)c2)c(C)c1C(=O)N/N=C\c1ccc(O)c(O)c1. The quantitative estimate of drug-likeness (QED) is 0.171. The molecule has 3 aromatic rings. The molecule has 0 radical (unpaired) electrons. The normalized spacial score (nSPS) is 11.2. The Bertz CT molecular complexity index is 1280. The summed E-state index contributed by atoms with van der Waals surface area (Å²) < 4.78 is 0. The van der Waals surface area contributed by atoms with Crippen LogP contribution in [-0.4, -0.2) is 49.7 Å². The Balaban J connectivity index is 1.67. The predicted molar refractivity (Wildman–Crippen MR) is 120 cm³/mol. The summed E-state index contributed by atoms with van der Waals surface area (Å²) in [6.45, 7) is 3.22. The lowest BCUT2D eigenvalue weighted by Gasteiger charge is -2.02. The Morgan fingerprint density at radius 2 is 1.27 bits per heavy atom. The summed E-state index contributed by atoms with van der Waals surface area (Å²) >= 11 is 0. The largest absolute Gasteiger partial charge is 0.504 e. The number of rotatable bonds is 6. The number of aromatic nitrogens is 1. The van der Waals surface area contributed by atoms with E-state index in [1.807, 2.05) is 0 Å². The third kappa shape index (κ3) is 5.28. The molecule has 7 N–H and O–H groups in total. The topological polar surface area (TPSA) is 180 Å².